The molecule has 208 valence electrons. The maximum atomic E-state index is 6.47. The van der Waals surface area contributed by atoms with Crippen LogP contribution in [-0.4, -0.2) is 48.8 Å². The summed E-state index contributed by atoms with van der Waals surface area (Å²) in [7, 11) is 31.5. The van der Waals surface area contributed by atoms with Crippen LogP contribution in [-0.2, 0) is 0 Å². The van der Waals surface area contributed by atoms with E-state index in [1.807, 2.05) is 37.3 Å². The molecule has 0 atom stereocenters. The minimum Gasteiger partial charge on any atom is -0.297 e. The van der Waals surface area contributed by atoms with Crippen molar-refractivity contribution in [1.29, 1.82) is 0 Å². The molecule has 0 aliphatic heterocycles. The summed E-state index contributed by atoms with van der Waals surface area (Å²) in [6.07, 6.45) is 0. The van der Waals surface area contributed by atoms with E-state index >= 15 is 0 Å². The van der Waals surface area contributed by atoms with E-state index in [1.54, 1.807) is 0 Å². The molecule has 1 heterocycles. The highest BCUT2D eigenvalue weighted by atomic mass is 15.1. The first kappa shape index (κ1) is 29.3. The van der Waals surface area contributed by atoms with Crippen LogP contribution in [0.2, 0.25) is 0 Å². The van der Waals surface area contributed by atoms with Gasteiger partial charge in [0.15, 0.2) is 0 Å². The van der Waals surface area contributed by atoms with Crippen molar-refractivity contribution in [3.63, 3.8) is 0 Å². The highest BCUT2D eigenvalue weighted by molar-refractivity contribution is 6.68. The molecule has 10 radical (unpaired) electrons. The second kappa shape index (κ2) is 11.3. The Bertz CT molecular complexity index is 2450. The first-order chi connectivity index (χ1) is 22.8. The van der Waals surface area contributed by atoms with Crippen LogP contribution in [0.4, 0.5) is 0 Å². The van der Waals surface area contributed by atoms with Gasteiger partial charge in [0.05, 0.1) is 11.0 Å². The maximum absolute atomic E-state index is 6.47. The van der Waals surface area contributed by atoms with Gasteiger partial charge in [0.2, 0.25) is 0 Å². The Balaban J connectivity index is 1.33. The second-order valence-corrected chi connectivity index (χ2v) is 11.9. The van der Waals surface area contributed by atoms with Crippen molar-refractivity contribution in [3.05, 3.63) is 127 Å². The number of para-hydroxylation sites is 2. The number of nitrogens with zero attached hydrogens (tertiary/aromatic N) is 2. The lowest BCUT2D eigenvalue weighted by Crippen LogP contribution is -2.55. The monoisotopic (exact) mass is 586 g/mol. The van der Waals surface area contributed by atoms with E-state index in [-0.39, 0.29) is 16.4 Å². The van der Waals surface area contributed by atoms with Crippen LogP contribution in [0.25, 0.3) is 71.6 Å². The summed E-state index contributed by atoms with van der Waals surface area (Å²) in [5.41, 5.74) is 10.3. The van der Waals surface area contributed by atoms with Gasteiger partial charge in [-0.3, -0.25) is 4.57 Å². The van der Waals surface area contributed by atoms with Crippen LogP contribution < -0.4 is 27.3 Å². The van der Waals surface area contributed by atoms with E-state index in [2.05, 4.69) is 95.6 Å². The molecule has 8 rings (SSSR count). The van der Waals surface area contributed by atoms with Gasteiger partial charge in [0.1, 0.15) is 45.1 Å². The Morgan fingerprint density at radius 3 is 1.49 bits per heavy atom. The third kappa shape index (κ3) is 4.60. The van der Waals surface area contributed by atoms with Crippen molar-refractivity contribution in [3.8, 4) is 39.1 Å². The predicted molar refractivity (Wildman–Crippen MR) is 204 cm³/mol. The number of imidazole rings is 1. The number of aromatic nitrogens is 2. The van der Waals surface area contributed by atoms with E-state index in [4.69, 9.17) is 44.2 Å². The zero-order valence-corrected chi connectivity index (χ0v) is 25.8. The van der Waals surface area contributed by atoms with Crippen LogP contribution in [0, 0.1) is 6.92 Å². The summed E-state index contributed by atoms with van der Waals surface area (Å²) in [6.45, 7) is 2.04. The van der Waals surface area contributed by atoms with Crippen molar-refractivity contribution in [2.75, 3.05) is 0 Å². The molecule has 0 N–H and O–H groups in total. The zero-order valence-electron chi connectivity index (χ0n) is 25.8. The van der Waals surface area contributed by atoms with E-state index in [9.17, 15) is 0 Å². The molecule has 0 spiro atoms. The average molecular weight is 586 g/mol. The number of aryl methyl sites for hydroxylation is 1. The minimum atomic E-state index is 0.203. The van der Waals surface area contributed by atoms with Gasteiger partial charge in [-0.25, -0.2) is 4.98 Å². The Morgan fingerprint density at radius 2 is 0.915 bits per heavy atom. The van der Waals surface area contributed by atoms with Crippen molar-refractivity contribution in [1.82, 2.24) is 9.55 Å². The van der Waals surface area contributed by atoms with Gasteiger partial charge in [-0.2, -0.15) is 0 Å². The topological polar surface area (TPSA) is 17.8 Å². The van der Waals surface area contributed by atoms with Gasteiger partial charge in [0.25, 0.3) is 0 Å². The van der Waals surface area contributed by atoms with Crippen LogP contribution >= 0.6 is 0 Å². The van der Waals surface area contributed by atoms with Crippen LogP contribution in [0.1, 0.15) is 5.82 Å². The van der Waals surface area contributed by atoms with Gasteiger partial charge in [-0.05, 0) is 92.2 Å². The number of hydrogen-bond acceptors (Lipinski definition) is 1. The Morgan fingerprint density at radius 1 is 0.447 bits per heavy atom. The van der Waals surface area contributed by atoms with Crippen LogP contribution in [0.3, 0.4) is 0 Å². The second-order valence-electron chi connectivity index (χ2n) is 11.9. The molecular formula is C40H23B5N2. The number of rotatable bonds is 4. The molecule has 7 heteroatoms. The van der Waals surface area contributed by atoms with E-state index in [1.165, 1.54) is 5.56 Å². The van der Waals surface area contributed by atoms with Gasteiger partial charge >= 0.3 is 0 Å². The summed E-state index contributed by atoms with van der Waals surface area (Å²) >= 11 is 0. The third-order valence-corrected chi connectivity index (χ3v) is 9.21. The van der Waals surface area contributed by atoms with E-state index < -0.39 is 0 Å². The largest absolute Gasteiger partial charge is 0.297 e. The van der Waals surface area contributed by atoms with Crippen molar-refractivity contribution >= 4 is 99.1 Å². The zero-order chi connectivity index (χ0) is 32.4. The summed E-state index contributed by atoms with van der Waals surface area (Å²) in [5, 5.41) is 4.58. The van der Waals surface area contributed by atoms with Gasteiger partial charge in [0, 0.05) is 5.69 Å². The minimum absolute atomic E-state index is 0.203. The first-order valence-corrected chi connectivity index (χ1v) is 15.4. The number of benzene rings is 7. The Hall–Kier alpha value is -5.15. The van der Waals surface area contributed by atoms with Crippen LogP contribution in [0.15, 0.2) is 121 Å². The molecule has 2 nitrogen and oxygen atoms in total. The molecule has 0 saturated carbocycles. The highest BCUT2D eigenvalue weighted by Crippen LogP contribution is 2.44. The quantitative estimate of drug-likeness (QED) is 0.218. The summed E-state index contributed by atoms with van der Waals surface area (Å²) < 4.78 is 2.20. The fraction of sp³-hybridized carbons (Fsp3) is 0.0250. The molecule has 8 aromatic rings. The smallest absolute Gasteiger partial charge is 0.113 e. The highest BCUT2D eigenvalue weighted by Gasteiger charge is 2.19. The fourth-order valence-corrected chi connectivity index (χ4v) is 6.99. The standard InChI is InChI=1S/C40H23B5N2/c1-22-46-31-15-6-7-16-32(31)47(22)26-19-17-23(18-20-26)33-27-11-2-4-13-29(27)34(30-14-5-3-12-28(30)33)24-9-8-10-25(21-24)35-36(41)38(43)40(45)39(44)37(35)42/h2-21H,1H3. The van der Waals surface area contributed by atoms with Gasteiger partial charge in [-0.1, -0.05) is 102 Å². The molecular weight excluding hydrogens is 563 g/mol. The number of fused-ring (bicyclic) bond motifs is 3. The predicted octanol–water partition coefficient (Wildman–Crippen LogP) is 4.61. The first-order valence-electron chi connectivity index (χ1n) is 15.4. The normalized spacial score (nSPS) is 11.5. The molecule has 0 aliphatic carbocycles. The summed E-state index contributed by atoms with van der Waals surface area (Å²) in [4.78, 5) is 4.77. The molecule has 0 fully saturated rings. The summed E-state index contributed by atoms with van der Waals surface area (Å²) in [5.74, 6) is 0.953. The van der Waals surface area contributed by atoms with Crippen molar-refractivity contribution in [2.45, 2.75) is 6.92 Å². The molecule has 47 heavy (non-hydrogen) atoms. The average Bonchev–Trinajstić information content (AvgIpc) is 3.44. The Labute approximate surface area is 280 Å². The van der Waals surface area contributed by atoms with Gasteiger partial charge < -0.3 is 0 Å². The lowest BCUT2D eigenvalue weighted by molar-refractivity contribution is 1.00. The fourth-order valence-electron chi connectivity index (χ4n) is 6.99. The molecule has 0 amide bonds. The third-order valence-electron chi connectivity index (χ3n) is 9.21. The van der Waals surface area contributed by atoms with E-state index in [0.717, 1.165) is 66.3 Å². The molecule has 0 saturated heterocycles. The molecule has 0 aliphatic rings. The van der Waals surface area contributed by atoms with Crippen molar-refractivity contribution in [2.24, 2.45) is 0 Å². The maximum Gasteiger partial charge on any atom is 0.113 e. The molecule has 0 bridgehead atoms. The number of hydrogen-bond donors (Lipinski definition) is 0. The van der Waals surface area contributed by atoms with Gasteiger partial charge in [-0.15, -0.1) is 16.4 Å². The van der Waals surface area contributed by atoms with Crippen LogP contribution in [0.5, 0.6) is 0 Å². The summed E-state index contributed by atoms with van der Waals surface area (Å²) in [6, 6.07) is 42.3. The SMILES string of the molecule is [B]c1c([B])c([B])c(-c2cccc(-c3c4ccccc4c(-c4ccc(-n5c(C)nc6ccccc65)cc4)c4ccccc34)c2)c([B])c1[B]. The van der Waals surface area contributed by atoms with Crippen molar-refractivity contribution < 1.29 is 0 Å². The molecule has 0 unspecified atom stereocenters. The Kier molecular flexibility index (Phi) is 7.02. The molecule has 1 aromatic heterocycles. The molecule has 7 aromatic carbocycles. The lowest BCUT2D eigenvalue weighted by Gasteiger charge is -2.22. The van der Waals surface area contributed by atoms with E-state index in [0.29, 0.717) is 16.5 Å². The lowest BCUT2D eigenvalue weighted by atomic mass is 9.59.